The third-order valence-corrected chi connectivity index (χ3v) is 1.55. The summed E-state index contributed by atoms with van der Waals surface area (Å²) in [5.74, 6) is 0. The lowest BCUT2D eigenvalue weighted by Crippen LogP contribution is -1.98. The summed E-state index contributed by atoms with van der Waals surface area (Å²) in [4.78, 5) is 0. The molecule has 0 fully saturated rings. The SMILES string of the molecule is CC(F)O[PH](=O)OC(C)F. The van der Waals surface area contributed by atoms with Crippen molar-refractivity contribution in [2.75, 3.05) is 0 Å². The van der Waals surface area contributed by atoms with Gasteiger partial charge in [-0.1, -0.05) is 0 Å². The number of rotatable bonds is 4. The number of alkyl halides is 2. The zero-order valence-corrected chi connectivity index (χ0v) is 6.64. The Morgan fingerprint density at radius 1 is 1.20 bits per heavy atom. The number of hydrogen-bond donors (Lipinski definition) is 0. The molecule has 0 saturated heterocycles. The first-order valence-electron chi connectivity index (χ1n) is 2.67. The first kappa shape index (κ1) is 10.0. The minimum atomic E-state index is -2.99. The van der Waals surface area contributed by atoms with E-state index < -0.39 is 21.0 Å². The van der Waals surface area contributed by atoms with Gasteiger partial charge in [0, 0.05) is 0 Å². The molecular weight excluding hydrogens is 165 g/mol. The Morgan fingerprint density at radius 2 is 1.50 bits per heavy atom. The molecule has 0 spiro atoms. The van der Waals surface area contributed by atoms with Crippen molar-refractivity contribution in [1.29, 1.82) is 0 Å². The molecule has 0 amide bonds. The third kappa shape index (κ3) is 6.13. The zero-order valence-electron chi connectivity index (χ0n) is 5.64. The van der Waals surface area contributed by atoms with Crippen LogP contribution >= 0.6 is 8.25 Å². The van der Waals surface area contributed by atoms with E-state index in [2.05, 4.69) is 9.05 Å². The Balaban J connectivity index is 3.44. The summed E-state index contributed by atoms with van der Waals surface area (Å²) in [5.41, 5.74) is 0. The predicted octanol–water partition coefficient (Wildman–Crippen LogP) is 2.04. The summed E-state index contributed by atoms with van der Waals surface area (Å²) in [7, 11) is -2.99. The fourth-order valence-corrected chi connectivity index (χ4v) is 0.879. The molecule has 0 N–H and O–H groups in total. The van der Waals surface area contributed by atoms with Crippen LogP contribution in [0.4, 0.5) is 8.78 Å². The Hall–Kier alpha value is 0.01000. The Bertz CT molecular complexity index is 105. The first-order valence-corrected chi connectivity index (χ1v) is 3.90. The normalized spacial score (nSPS) is 20.0. The second-order valence-corrected chi connectivity index (χ2v) is 2.54. The highest BCUT2D eigenvalue weighted by Gasteiger charge is 2.08. The summed E-state index contributed by atoms with van der Waals surface area (Å²) in [6, 6.07) is 0. The molecule has 0 radical (unpaired) electrons. The van der Waals surface area contributed by atoms with E-state index in [4.69, 9.17) is 0 Å². The largest absolute Gasteiger partial charge is 0.324 e. The molecule has 0 bridgehead atoms. The van der Waals surface area contributed by atoms with Gasteiger partial charge in [0.05, 0.1) is 0 Å². The van der Waals surface area contributed by atoms with Crippen molar-refractivity contribution in [1.82, 2.24) is 0 Å². The quantitative estimate of drug-likeness (QED) is 0.611. The Labute approximate surface area is 58.3 Å². The van der Waals surface area contributed by atoms with E-state index in [1.165, 1.54) is 0 Å². The van der Waals surface area contributed by atoms with E-state index >= 15 is 0 Å². The van der Waals surface area contributed by atoms with Crippen LogP contribution in [0.3, 0.4) is 0 Å². The molecule has 0 aliphatic carbocycles. The fourth-order valence-electron chi connectivity index (χ4n) is 0.293. The van der Waals surface area contributed by atoms with Crippen LogP contribution in [0.1, 0.15) is 13.8 Å². The van der Waals surface area contributed by atoms with Gasteiger partial charge in [-0.15, -0.1) is 0 Å². The van der Waals surface area contributed by atoms with E-state index in [9.17, 15) is 13.3 Å². The molecule has 62 valence electrons. The minimum Gasteiger partial charge on any atom is -0.275 e. The molecule has 0 aromatic heterocycles. The van der Waals surface area contributed by atoms with Gasteiger partial charge < -0.3 is 0 Å². The van der Waals surface area contributed by atoms with Gasteiger partial charge in [-0.2, -0.15) is 0 Å². The molecule has 0 aromatic carbocycles. The molecule has 0 rings (SSSR count). The van der Waals surface area contributed by atoms with Crippen molar-refractivity contribution < 1.29 is 22.4 Å². The van der Waals surface area contributed by atoms with Crippen LogP contribution < -0.4 is 0 Å². The van der Waals surface area contributed by atoms with Crippen molar-refractivity contribution in [3.63, 3.8) is 0 Å². The highest BCUT2D eigenvalue weighted by atomic mass is 31.1. The molecule has 0 aliphatic heterocycles. The lowest BCUT2D eigenvalue weighted by Gasteiger charge is -2.05. The van der Waals surface area contributed by atoms with Crippen LogP contribution in [0.15, 0.2) is 0 Å². The van der Waals surface area contributed by atoms with E-state index in [0.717, 1.165) is 13.8 Å². The van der Waals surface area contributed by atoms with Crippen LogP contribution in [-0.4, -0.2) is 12.7 Å². The Kier molecular flexibility index (Phi) is 4.77. The monoisotopic (exact) mass is 174 g/mol. The zero-order chi connectivity index (χ0) is 8.15. The average molecular weight is 174 g/mol. The topological polar surface area (TPSA) is 35.5 Å². The van der Waals surface area contributed by atoms with Crippen LogP contribution in [0.25, 0.3) is 0 Å². The van der Waals surface area contributed by atoms with Gasteiger partial charge in [0.2, 0.25) is 12.7 Å². The Morgan fingerprint density at radius 3 is 1.70 bits per heavy atom. The minimum absolute atomic E-state index is 1.04. The fraction of sp³-hybridized carbons (Fsp3) is 1.00. The molecular formula is C4H9F2O3P. The summed E-state index contributed by atoms with van der Waals surface area (Å²) in [6.07, 6.45) is -3.38. The summed E-state index contributed by atoms with van der Waals surface area (Å²) in [5, 5.41) is 0. The van der Waals surface area contributed by atoms with E-state index in [-0.39, 0.29) is 0 Å². The number of halogens is 2. The molecule has 0 aliphatic rings. The maximum absolute atomic E-state index is 11.8. The molecule has 2 atom stereocenters. The second-order valence-electron chi connectivity index (χ2n) is 1.57. The van der Waals surface area contributed by atoms with Gasteiger partial charge in [0.25, 0.3) is 0 Å². The number of hydrogen-bond acceptors (Lipinski definition) is 3. The molecule has 2 unspecified atom stereocenters. The lowest BCUT2D eigenvalue weighted by atomic mass is 10.8. The van der Waals surface area contributed by atoms with Gasteiger partial charge >= 0.3 is 8.25 Å². The second kappa shape index (κ2) is 4.77. The maximum Gasteiger partial charge on any atom is 0.324 e. The van der Waals surface area contributed by atoms with Crippen molar-refractivity contribution in [2.24, 2.45) is 0 Å². The van der Waals surface area contributed by atoms with Crippen LogP contribution in [0, 0.1) is 0 Å². The lowest BCUT2D eigenvalue weighted by molar-refractivity contribution is 0.0313. The van der Waals surface area contributed by atoms with E-state index in [1.807, 2.05) is 0 Å². The molecule has 3 nitrogen and oxygen atoms in total. The third-order valence-electron chi connectivity index (χ3n) is 0.517. The summed E-state index contributed by atoms with van der Waals surface area (Å²) in [6.45, 7) is 2.07. The molecule has 0 saturated carbocycles. The van der Waals surface area contributed by atoms with Gasteiger partial charge in [0.1, 0.15) is 0 Å². The molecule has 0 heterocycles. The van der Waals surface area contributed by atoms with Crippen LogP contribution in [0.2, 0.25) is 0 Å². The molecule has 10 heavy (non-hydrogen) atoms. The summed E-state index contributed by atoms with van der Waals surface area (Å²) >= 11 is 0. The van der Waals surface area contributed by atoms with Gasteiger partial charge in [0.15, 0.2) is 0 Å². The smallest absolute Gasteiger partial charge is 0.275 e. The van der Waals surface area contributed by atoms with Crippen molar-refractivity contribution >= 4 is 8.25 Å². The average Bonchev–Trinajstić information content (AvgIpc) is 1.58. The highest BCUT2D eigenvalue weighted by molar-refractivity contribution is 7.33. The molecule has 6 heteroatoms. The van der Waals surface area contributed by atoms with Gasteiger partial charge in [-0.05, 0) is 13.8 Å². The van der Waals surface area contributed by atoms with Crippen LogP contribution in [0.5, 0.6) is 0 Å². The molecule has 0 aromatic rings. The van der Waals surface area contributed by atoms with Crippen molar-refractivity contribution in [3.05, 3.63) is 0 Å². The van der Waals surface area contributed by atoms with Crippen LogP contribution in [-0.2, 0) is 13.6 Å². The van der Waals surface area contributed by atoms with Crippen molar-refractivity contribution in [3.8, 4) is 0 Å². The summed E-state index contributed by atoms with van der Waals surface area (Å²) < 4.78 is 41.9. The van der Waals surface area contributed by atoms with Gasteiger partial charge in [-0.3, -0.25) is 13.6 Å². The first-order chi connectivity index (χ1) is 4.52. The van der Waals surface area contributed by atoms with E-state index in [0.29, 0.717) is 0 Å². The van der Waals surface area contributed by atoms with E-state index in [1.54, 1.807) is 0 Å². The maximum atomic E-state index is 11.8. The predicted molar refractivity (Wildman–Crippen MR) is 32.3 cm³/mol. The van der Waals surface area contributed by atoms with Crippen molar-refractivity contribution in [2.45, 2.75) is 26.6 Å². The standard InChI is InChI=1S/C4H9F2O3P/c1-3(5)8-10(7)9-4(2)6/h3-4,10H,1-2H3. The highest BCUT2D eigenvalue weighted by Crippen LogP contribution is 2.28. The van der Waals surface area contributed by atoms with Gasteiger partial charge in [-0.25, -0.2) is 8.78 Å².